The number of carbonyl (C=O) groups excluding carboxylic acids is 1. The highest BCUT2D eigenvalue weighted by atomic mass is 19.1. The Morgan fingerprint density at radius 2 is 1.36 bits per heavy atom. The average molecular weight is 335 g/mol. The first-order valence-electron chi connectivity index (χ1n) is 7.35. The quantitative estimate of drug-likeness (QED) is 0.514. The van der Waals surface area contributed by atoms with E-state index in [9.17, 15) is 13.6 Å². The molecule has 0 aromatic heterocycles. The summed E-state index contributed by atoms with van der Waals surface area (Å²) < 4.78 is 32.2. The van der Waals surface area contributed by atoms with Gasteiger partial charge in [-0.15, -0.1) is 0 Å². The molecule has 0 amide bonds. The number of esters is 1. The summed E-state index contributed by atoms with van der Waals surface area (Å²) in [6.07, 6.45) is 0. The largest absolute Gasteiger partial charge is 0.423 e. The number of nitriles is 1. The topological polar surface area (TPSA) is 50.1 Å². The molecular weight excluding hydrogens is 324 g/mol. The molecule has 25 heavy (non-hydrogen) atoms. The van der Waals surface area contributed by atoms with Gasteiger partial charge in [-0.1, -0.05) is 30.3 Å². The van der Waals surface area contributed by atoms with Crippen molar-refractivity contribution in [3.8, 4) is 22.9 Å². The lowest BCUT2D eigenvalue weighted by molar-refractivity contribution is 0.0724. The van der Waals surface area contributed by atoms with Gasteiger partial charge in [0.2, 0.25) is 0 Å². The molecule has 0 N–H and O–H groups in total. The van der Waals surface area contributed by atoms with Crippen LogP contribution in [-0.4, -0.2) is 5.97 Å². The second-order valence-corrected chi connectivity index (χ2v) is 5.20. The first-order chi connectivity index (χ1) is 12.1. The Balaban J connectivity index is 1.78. The fourth-order valence-corrected chi connectivity index (χ4v) is 2.30. The van der Waals surface area contributed by atoms with Crippen molar-refractivity contribution in [3.63, 3.8) is 0 Å². The average Bonchev–Trinajstić information content (AvgIpc) is 2.62. The highest BCUT2D eigenvalue weighted by molar-refractivity contribution is 5.91. The van der Waals surface area contributed by atoms with Gasteiger partial charge in [0.25, 0.3) is 0 Å². The monoisotopic (exact) mass is 335 g/mol. The van der Waals surface area contributed by atoms with E-state index in [0.29, 0.717) is 5.56 Å². The van der Waals surface area contributed by atoms with Crippen molar-refractivity contribution < 1.29 is 18.3 Å². The summed E-state index contributed by atoms with van der Waals surface area (Å²) in [4.78, 5) is 11.9. The minimum atomic E-state index is -1.10. The number of nitrogens with zero attached hydrogens (tertiary/aromatic N) is 1. The molecule has 0 radical (unpaired) electrons. The summed E-state index contributed by atoms with van der Waals surface area (Å²) in [5, 5.41) is 8.80. The molecular formula is C20H11F2NO2. The van der Waals surface area contributed by atoms with Gasteiger partial charge in [0.15, 0.2) is 0 Å². The Morgan fingerprint density at radius 3 is 1.88 bits per heavy atom. The van der Waals surface area contributed by atoms with Gasteiger partial charge in [-0.2, -0.15) is 5.26 Å². The van der Waals surface area contributed by atoms with Gasteiger partial charge >= 0.3 is 5.97 Å². The lowest BCUT2D eigenvalue weighted by Gasteiger charge is -2.07. The third kappa shape index (κ3) is 3.54. The second-order valence-electron chi connectivity index (χ2n) is 5.20. The minimum absolute atomic E-state index is 0.171. The van der Waals surface area contributed by atoms with Crippen molar-refractivity contribution in [2.75, 3.05) is 0 Å². The summed E-state index contributed by atoms with van der Waals surface area (Å²) >= 11 is 0. The van der Waals surface area contributed by atoms with E-state index in [4.69, 9.17) is 10.00 Å². The highest BCUT2D eigenvalue weighted by Crippen LogP contribution is 2.24. The smallest absolute Gasteiger partial charge is 0.349 e. The number of hydrogen-bond acceptors (Lipinski definition) is 3. The molecule has 0 saturated heterocycles. The maximum Gasteiger partial charge on any atom is 0.349 e. The van der Waals surface area contributed by atoms with Crippen LogP contribution >= 0.6 is 0 Å². The third-order valence-corrected chi connectivity index (χ3v) is 3.58. The predicted molar refractivity (Wildman–Crippen MR) is 87.9 cm³/mol. The molecule has 0 heterocycles. The first kappa shape index (κ1) is 16.3. The second kappa shape index (κ2) is 6.93. The maximum absolute atomic E-state index is 13.6. The summed E-state index contributed by atoms with van der Waals surface area (Å²) in [6.45, 7) is 0. The zero-order chi connectivity index (χ0) is 17.8. The molecule has 0 unspecified atom stereocenters. The summed E-state index contributed by atoms with van der Waals surface area (Å²) in [5.41, 5.74) is 1.57. The Morgan fingerprint density at radius 1 is 0.840 bits per heavy atom. The van der Waals surface area contributed by atoms with E-state index in [0.717, 1.165) is 23.3 Å². The number of benzene rings is 3. The van der Waals surface area contributed by atoms with E-state index in [1.54, 1.807) is 36.4 Å². The van der Waals surface area contributed by atoms with Crippen molar-refractivity contribution in [3.05, 3.63) is 89.5 Å². The summed E-state index contributed by atoms with van der Waals surface area (Å²) in [6, 6.07) is 18.7. The molecule has 122 valence electrons. The maximum atomic E-state index is 13.6. The standard InChI is InChI=1S/C20H11F2NO2/c21-17-2-1-3-18(22)19(17)20(24)25-16-10-8-15(9-11-16)14-6-4-13(12-23)5-7-14/h1-11H. The van der Waals surface area contributed by atoms with Crippen LogP contribution in [0.15, 0.2) is 66.7 Å². The van der Waals surface area contributed by atoms with Crippen molar-refractivity contribution in [1.29, 1.82) is 5.26 Å². The van der Waals surface area contributed by atoms with Crippen molar-refractivity contribution in [2.24, 2.45) is 0 Å². The fraction of sp³-hybridized carbons (Fsp3) is 0. The molecule has 3 aromatic carbocycles. The molecule has 3 nitrogen and oxygen atoms in total. The molecule has 0 fully saturated rings. The van der Waals surface area contributed by atoms with Crippen LogP contribution in [0.2, 0.25) is 0 Å². The number of halogens is 2. The number of ether oxygens (including phenoxy) is 1. The van der Waals surface area contributed by atoms with E-state index in [1.807, 2.05) is 6.07 Å². The Bertz CT molecular complexity index is 938. The van der Waals surface area contributed by atoms with E-state index in [2.05, 4.69) is 0 Å². The molecule has 5 heteroatoms. The molecule has 0 saturated carbocycles. The van der Waals surface area contributed by atoms with Gasteiger partial charge in [0.1, 0.15) is 22.9 Å². The molecule has 0 spiro atoms. The van der Waals surface area contributed by atoms with Crippen LogP contribution in [0.25, 0.3) is 11.1 Å². The molecule has 0 aliphatic rings. The third-order valence-electron chi connectivity index (χ3n) is 3.58. The Labute approximate surface area is 142 Å². The molecule has 0 aliphatic heterocycles. The van der Waals surface area contributed by atoms with Crippen LogP contribution in [-0.2, 0) is 0 Å². The molecule has 0 atom stereocenters. The van der Waals surface area contributed by atoms with Gasteiger partial charge < -0.3 is 4.74 Å². The van der Waals surface area contributed by atoms with Crippen molar-refractivity contribution >= 4 is 5.97 Å². The van der Waals surface area contributed by atoms with Crippen LogP contribution in [0.4, 0.5) is 8.78 Å². The predicted octanol–water partition coefficient (Wildman–Crippen LogP) is 4.72. The number of rotatable bonds is 3. The summed E-state index contributed by atoms with van der Waals surface area (Å²) in [7, 11) is 0. The van der Waals surface area contributed by atoms with Crippen LogP contribution in [0.1, 0.15) is 15.9 Å². The van der Waals surface area contributed by atoms with Gasteiger partial charge in [0, 0.05) is 0 Å². The fourth-order valence-electron chi connectivity index (χ4n) is 2.30. The highest BCUT2D eigenvalue weighted by Gasteiger charge is 2.19. The zero-order valence-electron chi connectivity index (χ0n) is 12.9. The van der Waals surface area contributed by atoms with Gasteiger partial charge in [-0.25, -0.2) is 13.6 Å². The Kier molecular flexibility index (Phi) is 4.53. The van der Waals surface area contributed by atoms with E-state index in [1.165, 1.54) is 18.2 Å². The van der Waals surface area contributed by atoms with E-state index >= 15 is 0 Å². The van der Waals surface area contributed by atoms with E-state index < -0.39 is 23.2 Å². The molecule has 3 rings (SSSR count). The molecule has 0 aliphatic carbocycles. The number of hydrogen-bond donors (Lipinski definition) is 0. The molecule has 0 bridgehead atoms. The van der Waals surface area contributed by atoms with Crippen LogP contribution < -0.4 is 4.74 Å². The lowest BCUT2D eigenvalue weighted by atomic mass is 10.0. The van der Waals surface area contributed by atoms with E-state index in [-0.39, 0.29) is 5.75 Å². The number of carbonyl (C=O) groups is 1. The minimum Gasteiger partial charge on any atom is -0.423 e. The van der Waals surface area contributed by atoms with Crippen molar-refractivity contribution in [2.45, 2.75) is 0 Å². The summed E-state index contributed by atoms with van der Waals surface area (Å²) in [5.74, 6) is -2.87. The van der Waals surface area contributed by atoms with Gasteiger partial charge in [-0.3, -0.25) is 0 Å². The zero-order valence-corrected chi connectivity index (χ0v) is 12.9. The van der Waals surface area contributed by atoms with Crippen molar-refractivity contribution in [1.82, 2.24) is 0 Å². The van der Waals surface area contributed by atoms with Crippen LogP contribution in [0.5, 0.6) is 5.75 Å². The van der Waals surface area contributed by atoms with Crippen LogP contribution in [0, 0.1) is 23.0 Å². The van der Waals surface area contributed by atoms with Gasteiger partial charge in [-0.05, 0) is 47.5 Å². The molecule has 3 aromatic rings. The van der Waals surface area contributed by atoms with Crippen LogP contribution in [0.3, 0.4) is 0 Å². The lowest BCUT2D eigenvalue weighted by Crippen LogP contribution is -2.13. The Hall–Kier alpha value is -3.52. The SMILES string of the molecule is N#Cc1ccc(-c2ccc(OC(=O)c3c(F)cccc3F)cc2)cc1. The first-order valence-corrected chi connectivity index (χ1v) is 7.35. The van der Waals surface area contributed by atoms with Gasteiger partial charge in [0.05, 0.1) is 11.6 Å². The normalized spacial score (nSPS) is 10.1.